The molecule has 2 aromatic carbocycles. The predicted molar refractivity (Wildman–Crippen MR) is 94.7 cm³/mol. The minimum absolute atomic E-state index is 0.0460. The molecule has 0 spiro atoms. The van der Waals surface area contributed by atoms with Crippen molar-refractivity contribution in [1.29, 1.82) is 0 Å². The highest BCUT2D eigenvalue weighted by molar-refractivity contribution is 6.31. The molecule has 2 rings (SSSR count). The van der Waals surface area contributed by atoms with E-state index in [9.17, 15) is 28.5 Å². The summed E-state index contributed by atoms with van der Waals surface area (Å²) >= 11 is 5.68. The van der Waals surface area contributed by atoms with Gasteiger partial charge in [-0.05, 0) is 31.2 Å². The van der Waals surface area contributed by atoms with E-state index in [1.54, 1.807) is 0 Å². The van der Waals surface area contributed by atoms with Gasteiger partial charge in [0.25, 0.3) is 11.6 Å². The standard InChI is InChI=1S/C17H13ClF2N2O6/c1-9(15(23)21-12-4-2-3-5-14(12)28-17(19)20)27-16(24)11-7-6-10(18)8-13(11)22(25)26/h2-9,17H,1H3,(H,21,23). The maximum absolute atomic E-state index is 12.4. The van der Waals surface area contributed by atoms with E-state index >= 15 is 0 Å². The van der Waals surface area contributed by atoms with Crippen LogP contribution in [-0.2, 0) is 9.53 Å². The number of nitrogens with zero attached hydrogens (tertiary/aromatic N) is 1. The number of benzene rings is 2. The third-order valence-corrected chi connectivity index (χ3v) is 3.63. The van der Waals surface area contributed by atoms with E-state index in [0.717, 1.165) is 12.1 Å². The van der Waals surface area contributed by atoms with Crippen LogP contribution >= 0.6 is 11.6 Å². The van der Waals surface area contributed by atoms with Gasteiger partial charge in [-0.2, -0.15) is 8.78 Å². The largest absolute Gasteiger partial charge is 0.449 e. The number of nitro groups is 1. The van der Waals surface area contributed by atoms with Gasteiger partial charge in [0.15, 0.2) is 6.10 Å². The summed E-state index contributed by atoms with van der Waals surface area (Å²) in [7, 11) is 0. The zero-order valence-corrected chi connectivity index (χ0v) is 15.0. The summed E-state index contributed by atoms with van der Waals surface area (Å²) < 4.78 is 34.1. The van der Waals surface area contributed by atoms with Crippen molar-refractivity contribution < 1.29 is 32.8 Å². The fraction of sp³-hybridized carbons (Fsp3) is 0.176. The average molecular weight is 415 g/mol. The summed E-state index contributed by atoms with van der Waals surface area (Å²) in [5, 5.41) is 13.4. The van der Waals surface area contributed by atoms with Crippen LogP contribution in [0.3, 0.4) is 0 Å². The summed E-state index contributed by atoms with van der Waals surface area (Å²) in [6.45, 7) is -1.88. The van der Waals surface area contributed by atoms with Crippen molar-refractivity contribution in [1.82, 2.24) is 0 Å². The molecule has 0 bridgehead atoms. The molecule has 1 atom stereocenters. The number of para-hydroxylation sites is 2. The molecule has 0 heterocycles. The number of amides is 1. The minimum atomic E-state index is -3.10. The van der Waals surface area contributed by atoms with Crippen molar-refractivity contribution in [3.63, 3.8) is 0 Å². The topological polar surface area (TPSA) is 108 Å². The van der Waals surface area contributed by atoms with Crippen LogP contribution in [0.25, 0.3) is 0 Å². The minimum Gasteiger partial charge on any atom is -0.449 e. The quantitative estimate of drug-likeness (QED) is 0.416. The van der Waals surface area contributed by atoms with Crippen LogP contribution in [0.4, 0.5) is 20.2 Å². The van der Waals surface area contributed by atoms with Gasteiger partial charge in [0, 0.05) is 11.1 Å². The maximum Gasteiger partial charge on any atom is 0.387 e. The van der Waals surface area contributed by atoms with E-state index in [4.69, 9.17) is 16.3 Å². The van der Waals surface area contributed by atoms with Gasteiger partial charge < -0.3 is 14.8 Å². The van der Waals surface area contributed by atoms with E-state index < -0.39 is 40.8 Å². The Bertz CT molecular complexity index is 909. The zero-order chi connectivity index (χ0) is 20.8. The lowest BCUT2D eigenvalue weighted by Crippen LogP contribution is -2.30. The Kier molecular flexibility index (Phi) is 6.83. The molecule has 0 saturated heterocycles. The number of halogens is 3. The van der Waals surface area contributed by atoms with Gasteiger partial charge in [-0.15, -0.1) is 0 Å². The van der Waals surface area contributed by atoms with Crippen molar-refractivity contribution >= 4 is 34.9 Å². The lowest BCUT2D eigenvalue weighted by Gasteiger charge is -2.15. The number of carbonyl (C=O) groups excluding carboxylic acids is 2. The van der Waals surface area contributed by atoms with E-state index in [0.29, 0.717) is 0 Å². The van der Waals surface area contributed by atoms with Crippen LogP contribution < -0.4 is 10.1 Å². The number of carbonyl (C=O) groups is 2. The Balaban J connectivity index is 2.11. The average Bonchev–Trinajstić information content (AvgIpc) is 2.62. The van der Waals surface area contributed by atoms with Crippen LogP contribution in [0.5, 0.6) is 5.75 Å². The van der Waals surface area contributed by atoms with Crippen molar-refractivity contribution in [3.05, 3.63) is 63.2 Å². The number of alkyl halides is 2. The van der Waals surface area contributed by atoms with Gasteiger partial charge >= 0.3 is 12.6 Å². The summed E-state index contributed by atoms with van der Waals surface area (Å²) in [5.41, 5.74) is -1.04. The number of nitro benzene ring substituents is 1. The number of esters is 1. The lowest BCUT2D eigenvalue weighted by atomic mass is 10.2. The fourth-order valence-corrected chi connectivity index (χ4v) is 2.28. The van der Waals surface area contributed by atoms with Gasteiger partial charge in [0.1, 0.15) is 11.3 Å². The molecule has 2 aromatic rings. The highest BCUT2D eigenvalue weighted by Gasteiger charge is 2.26. The second-order valence-corrected chi connectivity index (χ2v) is 5.77. The molecule has 28 heavy (non-hydrogen) atoms. The number of hydrogen-bond acceptors (Lipinski definition) is 6. The molecule has 0 saturated carbocycles. The van der Waals surface area contributed by atoms with E-state index in [1.165, 1.54) is 37.3 Å². The van der Waals surface area contributed by atoms with Crippen LogP contribution in [0.15, 0.2) is 42.5 Å². The molecule has 0 fully saturated rings. The first-order valence-corrected chi connectivity index (χ1v) is 8.06. The molecule has 11 heteroatoms. The van der Waals surface area contributed by atoms with Gasteiger partial charge in [-0.25, -0.2) is 4.79 Å². The normalized spacial score (nSPS) is 11.6. The molecule has 0 aliphatic rings. The SMILES string of the molecule is CC(OC(=O)c1ccc(Cl)cc1[N+](=O)[O-])C(=O)Nc1ccccc1OC(F)F. The van der Waals surface area contributed by atoms with Crippen molar-refractivity contribution in [2.45, 2.75) is 19.6 Å². The molecule has 1 amide bonds. The van der Waals surface area contributed by atoms with Crippen molar-refractivity contribution in [3.8, 4) is 5.75 Å². The predicted octanol–water partition coefficient (Wildman–Crippen LogP) is 4.03. The van der Waals surface area contributed by atoms with Gasteiger partial charge in [-0.1, -0.05) is 23.7 Å². The molecule has 0 aromatic heterocycles. The Hall–Kier alpha value is -3.27. The van der Waals surface area contributed by atoms with Gasteiger partial charge in [0.2, 0.25) is 0 Å². The Labute approximate surface area is 162 Å². The monoisotopic (exact) mass is 414 g/mol. The third-order valence-electron chi connectivity index (χ3n) is 3.39. The van der Waals surface area contributed by atoms with Gasteiger partial charge in [-0.3, -0.25) is 14.9 Å². The van der Waals surface area contributed by atoms with Crippen molar-refractivity contribution in [2.24, 2.45) is 0 Å². The number of rotatable bonds is 7. The second-order valence-electron chi connectivity index (χ2n) is 5.33. The van der Waals surface area contributed by atoms with Crippen LogP contribution in [-0.4, -0.2) is 29.5 Å². The Morgan fingerprint density at radius 2 is 1.89 bits per heavy atom. The number of hydrogen-bond donors (Lipinski definition) is 1. The summed E-state index contributed by atoms with van der Waals surface area (Å²) in [6, 6.07) is 8.76. The smallest absolute Gasteiger partial charge is 0.387 e. The number of anilines is 1. The van der Waals surface area contributed by atoms with E-state index in [-0.39, 0.29) is 16.5 Å². The molecule has 0 radical (unpaired) electrons. The number of ether oxygens (including phenoxy) is 2. The highest BCUT2D eigenvalue weighted by Crippen LogP contribution is 2.27. The molecule has 1 unspecified atom stereocenters. The fourth-order valence-electron chi connectivity index (χ4n) is 2.11. The maximum atomic E-state index is 12.4. The summed E-state index contributed by atoms with van der Waals surface area (Å²) in [6.07, 6.45) is -1.39. The second kappa shape index (κ2) is 9.09. The van der Waals surface area contributed by atoms with E-state index in [2.05, 4.69) is 10.1 Å². The van der Waals surface area contributed by atoms with Gasteiger partial charge in [0.05, 0.1) is 10.6 Å². The Morgan fingerprint density at radius 1 is 1.21 bits per heavy atom. The first-order chi connectivity index (χ1) is 13.2. The lowest BCUT2D eigenvalue weighted by molar-refractivity contribution is -0.385. The third kappa shape index (κ3) is 5.36. The summed E-state index contributed by atoms with van der Waals surface area (Å²) in [4.78, 5) is 34.6. The first kappa shape index (κ1) is 21.0. The van der Waals surface area contributed by atoms with Crippen LogP contribution in [0.2, 0.25) is 5.02 Å². The van der Waals surface area contributed by atoms with E-state index in [1.807, 2.05) is 0 Å². The molecule has 8 nitrogen and oxygen atoms in total. The molecule has 0 aliphatic heterocycles. The molecular weight excluding hydrogens is 402 g/mol. The molecule has 148 valence electrons. The highest BCUT2D eigenvalue weighted by atomic mass is 35.5. The van der Waals surface area contributed by atoms with Crippen molar-refractivity contribution in [2.75, 3.05) is 5.32 Å². The number of nitrogens with one attached hydrogen (secondary N) is 1. The molecule has 0 aliphatic carbocycles. The first-order valence-electron chi connectivity index (χ1n) is 7.68. The zero-order valence-electron chi connectivity index (χ0n) is 14.2. The van der Waals surface area contributed by atoms with Crippen LogP contribution in [0, 0.1) is 10.1 Å². The molecular formula is C17H13ClF2N2O6. The molecule has 1 N–H and O–H groups in total. The van der Waals surface area contributed by atoms with Crippen LogP contribution in [0.1, 0.15) is 17.3 Å². The Morgan fingerprint density at radius 3 is 2.54 bits per heavy atom. The summed E-state index contributed by atoms with van der Waals surface area (Å²) in [5.74, 6) is -2.25.